The molecule has 1 fully saturated rings. The predicted molar refractivity (Wildman–Crippen MR) is 118 cm³/mol. The highest BCUT2D eigenvalue weighted by Crippen LogP contribution is 2.29. The largest absolute Gasteiger partial charge is 0.332 e. The Morgan fingerprint density at radius 2 is 1.73 bits per heavy atom. The van der Waals surface area contributed by atoms with Crippen LogP contribution in [0.5, 0.6) is 0 Å². The van der Waals surface area contributed by atoms with Gasteiger partial charge in [0.15, 0.2) is 0 Å². The topological polar surface area (TPSA) is 69.7 Å². The zero-order chi connectivity index (χ0) is 21.7. The minimum atomic E-state index is -0.575. The van der Waals surface area contributed by atoms with Gasteiger partial charge in [0.1, 0.15) is 6.04 Å². The van der Waals surface area contributed by atoms with Gasteiger partial charge in [-0.3, -0.25) is 14.4 Å². The number of rotatable bonds is 6. The van der Waals surface area contributed by atoms with E-state index in [2.05, 4.69) is 5.32 Å². The highest BCUT2D eigenvalue weighted by Gasteiger charge is 2.37. The maximum atomic E-state index is 13.1. The lowest BCUT2D eigenvalue weighted by Gasteiger charge is -2.29. The van der Waals surface area contributed by atoms with E-state index in [4.69, 9.17) is 23.2 Å². The molecular formula is C22H23Cl2N3O3. The Hall–Kier alpha value is -2.57. The summed E-state index contributed by atoms with van der Waals surface area (Å²) in [5.41, 5.74) is 0.863. The monoisotopic (exact) mass is 447 g/mol. The highest BCUT2D eigenvalue weighted by atomic mass is 35.5. The first-order valence-corrected chi connectivity index (χ1v) is 10.6. The third-order valence-electron chi connectivity index (χ3n) is 5.07. The summed E-state index contributed by atoms with van der Waals surface area (Å²) in [5, 5.41) is 3.31. The molecule has 1 unspecified atom stereocenters. The van der Waals surface area contributed by atoms with Crippen molar-refractivity contribution in [3.63, 3.8) is 0 Å². The molecule has 0 radical (unpaired) electrons. The van der Waals surface area contributed by atoms with E-state index in [0.717, 1.165) is 6.42 Å². The molecule has 1 atom stereocenters. The van der Waals surface area contributed by atoms with Crippen LogP contribution in [0.4, 0.5) is 5.69 Å². The Kier molecular flexibility index (Phi) is 7.34. The molecule has 2 aromatic rings. The van der Waals surface area contributed by atoms with Gasteiger partial charge in [0.2, 0.25) is 11.8 Å². The summed E-state index contributed by atoms with van der Waals surface area (Å²) >= 11 is 12.2. The van der Waals surface area contributed by atoms with Gasteiger partial charge in [0.05, 0.1) is 22.3 Å². The van der Waals surface area contributed by atoms with Crippen molar-refractivity contribution >= 4 is 46.6 Å². The summed E-state index contributed by atoms with van der Waals surface area (Å²) < 4.78 is 0. The quantitative estimate of drug-likeness (QED) is 0.724. The van der Waals surface area contributed by atoms with Gasteiger partial charge >= 0.3 is 0 Å². The first-order chi connectivity index (χ1) is 14.4. The molecule has 6 nitrogen and oxygen atoms in total. The van der Waals surface area contributed by atoms with Crippen LogP contribution in [-0.4, -0.2) is 53.2 Å². The molecule has 2 aromatic carbocycles. The van der Waals surface area contributed by atoms with Crippen molar-refractivity contribution in [1.82, 2.24) is 9.80 Å². The first-order valence-electron chi connectivity index (χ1n) is 9.81. The molecule has 0 spiro atoms. The molecule has 0 aliphatic carbocycles. The lowest BCUT2D eigenvalue weighted by molar-refractivity contribution is -0.137. The number of carbonyl (C=O) groups excluding carboxylic acids is 3. The Morgan fingerprint density at radius 1 is 1.07 bits per heavy atom. The van der Waals surface area contributed by atoms with Crippen molar-refractivity contribution in [1.29, 1.82) is 0 Å². The molecule has 1 heterocycles. The molecule has 1 aliphatic rings. The van der Waals surface area contributed by atoms with Crippen molar-refractivity contribution in [3.05, 3.63) is 64.1 Å². The van der Waals surface area contributed by atoms with Crippen LogP contribution in [0.3, 0.4) is 0 Å². The van der Waals surface area contributed by atoms with Gasteiger partial charge in [-0.15, -0.1) is 0 Å². The predicted octanol–water partition coefficient (Wildman–Crippen LogP) is 4.09. The van der Waals surface area contributed by atoms with Crippen LogP contribution in [-0.2, 0) is 9.59 Å². The standard InChI is InChI=1S/C22H23Cl2N3O3/c1-2-26(14-19(28)25-20-16(23)10-6-11-17(20)24)22(30)18-12-7-13-27(18)21(29)15-8-4-3-5-9-15/h3-6,8-11,18H,2,7,12-14H2,1H3,(H,25,28). The maximum absolute atomic E-state index is 13.1. The van der Waals surface area contributed by atoms with Gasteiger partial charge < -0.3 is 15.1 Å². The highest BCUT2D eigenvalue weighted by molar-refractivity contribution is 6.39. The summed E-state index contributed by atoms with van der Waals surface area (Å²) in [6.45, 7) is 2.50. The fourth-order valence-corrected chi connectivity index (χ4v) is 4.03. The van der Waals surface area contributed by atoms with Gasteiger partial charge in [0.25, 0.3) is 5.91 Å². The fraction of sp³-hybridized carbons (Fsp3) is 0.318. The number of amides is 3. The third-order valence-corrected chi connectivity index (χ3v) is 5.70. The zero-order valence-electron chi connectivity index (χ0n) is 16.6. The van der Waals surface area contributed by atoms with Crippen LogP contribution in [0.2, 0.25) is 10.0 Å². The molecule has 1 aliphatic heterocycles. The van der Waals surface area contributed by atoms with Crippen LogP contribution >= 0.6 is 23.2 Å². The Balaban J connectivity index is 1.69. The lowest BCUT2D eigenvalue weighted by Crippen LogP contribution is -2.49. The molecule has 0 saturated carbocycles. The summed E-state index contributed by atoms with van der Waals surface area (Å²) in [7, 11) is 0. The van der Waals surface area contributed by atoms with E-state index in [-0.39, 0.29) is 18.4 Å². The summed E-state index contributed by atoms with van der Waals surface area (Å²) in [4.78, 5) is 41.6. The molecular weight excluding hydrogens is 425 g/mol. The van der Waals surface area contributed by atoms with Crippen molar-refractivity contribution in [2.24, 2.45) is 0 Å². The number of likely N-dealkylation sites (tertiary alicyclic amines) is 1. The van der Waals surface area contributed by atoms with E-state index < -0.39 is 11.9 Å². The minimum absolute atomic E-state index is 0.152. The number of carbonyl (C=O) groups is 3. The van der Waals surface area contributed by atoms with Gasteiger partial charge in [-0.2, -0.15) is 0 Å². The summed E-state index contributed by atoms with van der Waals surface area (Å²) in [6.07, 6.45) is 1.32. The molecule has 1 saturated heterocycles. The smallest absolute Gasteiger partial charge is 0.254 e. The summed E-state index contributed by atoms with van der Waals surface area (Å²) in [6, 6.07) is 13.3. The van der Waals surface area contributed by atoms with Crippen LogP contribution in [0.15, 0.2) is 48.5 Å². The third kappa shape index (κ3) is 4.94. The van der Waals surface area contributed by atoms with Crippen LogP contribution in [0, 0.1) is 0 Å². The Morgan fingerprint density at radius 3 is 2.37 bits per heavy atom. The van der Waals surface area contributed by atoms with Crippen molar-refractivity contribution in [3.8, 4) is 0 Å². The van der Waals surface area contributed by atoms with E-state index in [0.29, 0.717) is 40.8 Å². The maximum Gasteiger partial charge on any atom is 0.254 e. The van der Waals surface area contributed by atoms with Crippen molar-refractivity contribution in [2.45, 2.75) is 25.8 Å². The average molecular weight is 448 g/mol. The van der Waals surface area contributed by atoms with Gasteiger partial charge in [-0.1, -0.05) is 47.5 Å². The average Bonchev–Trinajstić information content (AvgIpc) is 3.24. The molecule has 1 N–H and O–H groups in total. The lowest BCUT2D eigenvalue weighted by atomic mass is 10.1. The Bertz CT molecular complexity index is 916. The van der Waals surface area contributed by atoms with Gasteiger partial charge in [-0.25, -0.2) is 0 Å². The van der Waals surface area contributed by atoms with E-state index >= 15 is 0 Å². The molecule has 3 rings (SSSR count). The van der Waals surface area contributed by atoms with Crippen LogP contribution in [0.25, 0.3) is 0 Å². The number of likely N-dealkylation sites (N-methyl/N-ethyl adjacent to an activating group) is 1. The second-order valence-electron chi connectivity index (χ2n) is 7.02. The zero-order valence-corrected chi connectivity index (χ0v) is 18.1. The molecule has 158 valence electrons. The normalized spacial score (nSPS) is 15.7. The number of nitrogens with zero attached hydrogens (tertiary/aromatic N) is 2. The Labute approximate surface area is 185 Å². The second kappa shape index (κ2) is 9.96. The number of hydrogen-bond acceptors (Lipinski definition) is 3. The van der Waals surface area contributed by atoms with Crippen LogP contribution in [0.1, 0.15) is 30.1 Å². The number of hydrogen-bond donors (Lipinski definition) is 1. The van der Waals surface area contributed by atoms with Crippen LogP contribution < -0.4 is 5.32 Å². The van der Waals surface area contributed by atoms with E-state index in [1.807, 2.05) is 6.07 Å². The summed E-state index contributed by atoms with van der Waals surface area (Å²) in [5.74, 6) is -0.811. The number of anilines is 1. The molecule has 30 heavy (non-hydrogen) atoms. The van der Waals surface area contributed by atoms with E-state index in [9.17, 15) is 14.4 Å². The van der Waals surface area contributed by atoms with Crippen molar-refractivity contribution in [2.75, 3.05) is 25.0 Å². The first kappa shape index (κ1) is 22.1. The second-order valence-corrected chi connectivity index (χ2v) is 7.83. The van der Waals surface area contributed by atoms with E-state index in [1.165, 1.54) is 4.90 Å². The molecule has 0 bridgehead atoms. The molecule has 8 heteroatoms. The van der Waals surface area contributed by atoms with Crippen molar-refractivity contribution < 1.29 is 14.4 Å². The number of nitrogens with one attached hydrogen (secondary N) is 1. The fourth-order valence-electron chi connectivity index (χ4n) is 3.54. The molecule has 0 aromatic heterocycles. The van der Waals surface area contributed by atoms with Gasteiger partial charge in [-0.05, 0) is 44.0 Å². The number of halogens is 2. The number of para-hydroxylation sites is 1. The SMILES string of the molecule is CCN(CC(=O)Nc1c(Cl)cccc1Cl)C(=O)C1CCCN1C(=O)c1ccccc1. The van der Waals surface area contributed by atoms with E-state index in [1.54, 1.807) is 54.3 Å². The molecule has 3 amide bonds. The number of benzene rings is 2. The minimum Gasteiger partial charge on any atom is -0.332 e. The van der Waals surface area contributed by atoms with Gasteiger partial charge in [0, 0.05) is 18.7 Å².